The Kier molecular flexibility index (Phi) is 14.0. The number of Topliss-reactive ketones (excluding diaryl/α,β-unsaturated/α-hetero) is 1. The number of ketones is 1. The van der Waals surface area contributed by atoms with Crippen molar-refractivity contribution in [1.82, 2.24) is 4.98 Å². The Bertz CT molecular complexity index is 954. The van der Waals surface area contributed by atoms with Gasteiger partial charge in [0.05, 0.1) is 24.5 Å². The number of carbonyl (C=O) groups is 2. The van der Waals surface area contributed by atoms with E-state index in [4.69, 9.17) is 9.47 Å². The molecule has 1 aromatic heterocycles. The van der Waals surface area contributed by atoms with E-state index in [2.05, 4.69) is 37.7 Å². The van der Waals surface area contributed by atoms with Crippen LogP contribution in [0.3, 0.4) is 0 Å². The second kappa shape index (κ2) is 17.0. The molecule has 1 aliphatic rings. The number of methoxy groups -OCH3 is 1. The molecule has 6 nitrogen and oxygen atoms in total. The highest BCUT2D eigenvalue weighted by Gasteiger charge is 2.20. The van der Waals surface area contributed by atoms with E-state index in [1.807, 2.05) is 18.2 Å². The number of fused-ring (bicyclic) bond motifs is 1. The Morgan fingerprint density at radius 3 is 2.49 bits per heavy atom. The van der Waals surface area contributed by atoms with Gasteiger partial charge in [0, 0.05) is 31.3 Å². The molecule has 1 unspecified atom stereocenters. The highest BCUT2D eigenvalue weighted by Crippen LogP contribution is 2.37. The van der Waals surface area contributed by atoms with Crippen molar-refractivity contribution >= 4 is 28.7 Å². The maximum Gasteiger partial charge on any atom is 0.162 e. The van der Waals surface area contributed by atoms with Gasteiger partial charge < -0.3 is 14.4 Å². The Balaban J connectivity index is 0.000000402. The van der Waals surface area contributed by atoms with Gasteiger partial charge in [-0.1, -0.05) is 59.3 Å². The molecule has 0 aliphatic heterocycles. The minimum Gasteiger partial charge on any atom is -0.497 e. The van der Waals surface area contributed by atoms with Crippen molar-refractivity contribution in [2.24, 2.45) is 11.8 Å². The van der Waals surface area contributed by atoms with E-state index in [1.165, 1.54) is 32.1 Å². The van der Waals surface area contributed by atoms with Gasteiger partial charge in [0.1, 0.15) is 18.1 Å². The largest absolute Gasteiger partial charge is 0.497 e. The van der Waals surface area contributed by atoms with Crippen LogP contribution in [-0.2, 0) is 9.59 Å². The number of anilines is 1. The number of nitrogens with zero attached hydrogens (tertiary/aromatic N) is 2. The molecule has 1 aromatic carbocycles. The van der Waals surface area contributed by atoms with Gasteiger partial charge in [-0.25, -0.2) is 0 Å². The zero-order valence-corrected chi connectivity index (χ0v) is 23.8. The SMILES string of the molecule is CCCC(CCC)CCN(C)c1c(OCC=O)cnc2ccc(OC)cc12.CCCC1CCCCC1=O. The first-order chi connectivity index (χ1) is 18.0. The molecule has 1 aliphatic carbocycles. The lowest BCUT2D eigenvalue weighted by Crippen LogP contribution is -2.22. The molecule has 0 saturated heterocycles. The second-order valence-corrected chi connectivity index (χ2v) is 10.2. The predicted molar refractivity (Wildman–Crippen MR) is 153 cm³/mol. The van der Waals surface area contributed by atoms with Crippen LogP contribution in [0.5, 0.6) is 11.5 Å². The smallest absolute Gasteiger partial charge is 0.162 e. The monoisotopic (exact) mass is 512 g/mol. The van der Waals surface area contributed by atoms with Gasteiger partial charge in [0.25, 0.3) is 0 Å². The van der Waals surface area contributed by atoms with E-state index in [1.54, 1.807) is 13.3 Å². The molecule has 206 valence electrons. The highest BCUT2D eigenvalue weighted by molar-refractivity contribution is 5.95. The van der Waals surface area contributed by atoms with Crippen LogP contribution in [0.25, 0.3) is 10.9 Å². The molecule has 1 fully saturated rings. The molecule has 37 heavy (non-hydrogen) atoms. The first kappa shape index (κ1) is 30.6. The third-order valence-corrected chi connectivity index (χ3v) is 7.29. The first-order valence-electron chi connectivity index (χ1n) is 14.3. The normalized spacial score (nSPS) is 15.3. The van der Waals surface area contributed by atoms with E-state index >= 15 is 0 Å². The summed E-state index contributed by atoms with van der Waals surface area (Å²) in [5.41, 5.74) is 1.85. The fraction of sp³-hybridized carbons (Fsp3) is 0.645. The zero-order chi connectivity index (χ0) is 27.0. The van der Waals surface area contributed by atoms with Crippen LogP contribution in [-0.4, -0.2) is 44.4 Å². The quantitative estimate of drug-likeness (QED) is 0.246. The van der Waals surface area contributed by atoms with Crippen molar-refractivity contribution in [3.8, 4) is 11.5 Å². The van der Waals surface area contributed by atoms with Crippen LogP contribution < -0.4 is 14.4 Å². The Hall–Kier alpha value is -2.63. The van der Waals surface area contributed by atoms with E-state index in [-0.39, 0.29) is 6.61 Å². The number of benzene rings is 1. The van der Waals surface area contributed by atoms with Crippen LogP contribution >= 0.6 is 0 Å². The van der Waals surface area contributed by atoms with Crippen molar-refractivity contribution < 1.29 is 19.1 Å². The maximum atomic E-state index is 11.2. The fourth-order valence-corrected chi connectivity index (χ4v) is 5.34. The topological polar surface area (TPSA) is 68.7 Å². The Morgan fingerprint density at radius 2 is 1.86 bits per heavy atom. The zero-order valence-electron chi connectivity index (χ0n) is 23.8. The van der Waals surface area contributed by atoms with Crippen molar-refractivity contribution in [3.63, 3.8) is 0 Å². The molecule has 0 amide bonds. The molecule has 0 bridgehead atoms. The average Bonchev–Trinajstić information content (AvgIpc) is 2.91. The summed E-state index contributed by atoms with van der Waals surface area (Å²) in [6, 6.07) is 5.84. The number of ether oxygens (including phenoxy) is 2. The molecule has 1 heterocycles. The van der Waals surface area contributed by atoms with Gasteiger partial charge in [-0.3, -0.25) is 14.6 Å². The van der Waals surface area contributed by atoms with Crippen LogP contribution in [0.1, 0.15) is 91.4 Å². The van der Waals surface area contributed by atoms with E-state index in [0.717, 1.165) is 79.6 Å². The predicted octanol–water partition coefficient (Wildman–Crippen LogP) is 7.41. The third-order valence-electron chi connectivity index (χ3n) is 7.29. The average molecular weight is 513 g/mol. The van der Waals surface area contributed by atoms with Crippen LogP contribution in [0.15, 0.2) is 24.4 Å². The van der Waals surface area contributed by atoms with Crippen molar-refractivity contribution in [3.05, 3.63) is 24.4 Å². The minimum atomic E-state index is 0.0201. The molecule has 2 aromatic rings. The molecular formula is C31H48N2O4. The van der Waals surface area contributed by atoms with Gasteiger partial charge in [-0.15, -0.1) is 0 Å². The highest BCUT2D eigenvalue weighted by atomic mass is 16.5. The fourth-order valence-electron chi connectivity index (χ4n) is 5.34. The summed E-state index contributed by atoms with van der Waals surface area (Å²) in [6.07, 6.45) is 15.3. The Labute approximate surface area is 224 Å². The number of rotatable bonds is 14. The van der Waals surface area contributed by atoms with Crippen molar-refractivity contribution in [2.75, 3.05) is 32.2 Å². The molecule has 1 atom stereocenters. The summed E-state index contributed by atoms with van der Waals surface area (Å²) in [4.78, 5) is 28.7. The number of aromatic nitrogens is 1. The summed E-state index contributed by atoms with van der Waals surface area (Å²) < 4.78 is 11.1. The standard InChI is InChI=1S/C22H32N2O3.C9H16O/c1-5-7-17(8-6-2)11-12-24(3)22-19-15-18(26-4)9-10-20(19)23-16-21(22)27-14-13-25;1-2-5-8-6-3-4-7-9(8)10/h9-10,13,15-17H,5-8,11-12,14H2,1-4H3;8H,2-7H2,1H3. The van der Waals surface area contributed by atoms with Gasteiger partial charge in [0.15, 0.2) is 12.0 Å². The van der Waals surface area contributed by atoms with Gasteiger partial charge in [-0.05, 0) is 49.8 Å². The molecule has 0 N–H and O–H groups in total. The second-order valence-electron chi connectivity index (χ2n) is 10.2. The number of pyridine rings is 1. The number of carbonyl (C=O) groups excluding carboxylic acids is 2. The molecule has 6 heteroatoms. The van der Waals surface area contributed by atoms with Gasteiger partial charge in [0.2, 0.25) is 0 Å². The molecule has 0 radical (unpaired) electrons. The lowest BCUT2D eigenvalue weighted by atomic mass is 9.85. The first-order valence-corrected chi connectivity index (χ1v) is 14.3. The number of hydrogen-bond donors (Lipinski definition) is 0. The summed E-state index contributed by atoms with van der Waals surface area (Å²) in [5, 5.41) is 0.975. The molecule has 1 saturated carbocycles. The minimum absolute atomic E-state index is 0.0201. The van der Waals surface area contributed by atoms with E-state index in [9.17, 15) is 9.59 Å². The molecule has 3 rings (SSSR count). The van der Waals surface area contributed by atoms with Crippen molar-refractivity contribution in [1.29, 1.82) is 0 Å². The van der Waals surface area contributed by atoms with Crippen LogP contribution in [0.2, 0.25) is 0 Å². The molecule has 0 spiro atoms. The molecular weight excluding hydrogens is 464 g/mol. The number of aldehydes is 1. The summed E-state index contributed by atoms with van der Waals surface area (Å²) in [7, 11) is 3.74. The van der Waals surface area contributed by atoms with Crippen LogP contribution in [0.4, 0.5) is 5.69 Å². The summed E-state index contributed by atoms with van der Waals surface area (Å²) >= 11 is 0. The Morgan fingerprint density at radius 1 is 1.11 bits per heavy atom. The lowest BCUT2D eigenvalue weighted by molar-refractivity contribution is -0.124. The number of hydrogen-bond acceptors (Lipinski definition) is 6. The summed E-state index contributed by atoms with van der Waals surface area (Å²) in [5.74, 6) is 3.10. The van der Waals surface area contributed by atoms with Gasteiger partial charge >= 0.3 is 0 Å². The maximum absolute atomic E-state index is 11.2. The van der Waals surface area contributed by atoms with E-state index in [0.29, 0.717) is 17.5 Å². The van der Waals surface area contributed by atoms with E-state index < -0.39 is 0 Å². The van der Waals surface area contributed by atoms with Crippen LogP contribution in [0, 0.1) is 11.8 Å². The van der Waals surface area contributed by atoms with Crippen molar-refractivity contribution in [2.45, 2.75) is 91.4 Å². The third kappa shape index (κ3) is 9.64. The van der Waals surface area contributed by atoms with Gasteiger partial charge in [-0.2, -0.15) is 0 Å². The lowest BCUT2D eigenvalue weighted by Gasteiger charge is -2.26. The summed E-state index contributed by atoms with van der Waals surface area (Å²) in [6.45, 7) is 7.60.